The highest BCUT2D eigenvalue weighted by atomic mass is 16.3. The Morgan fingerprint density at radius 3 is 2.75 bits per heavy atom. The van der Waals surface area contributed by atoms with Gasteiger partial charge in [0.05, 0.1) is 11.1 Å². The molecule has 2 aromatic carbocycles. The molecule has 4 rings (SSSR count). The first-order valence-electron chi connectivity index (χ1n) is 8.19. The van der Waals surface area contributed by atoms with Crippen LogP contribution in [0.2, 0.25) is 0 Å². The van der Waals surface area contributed by atoms with E-state index in [0.717, 1.165) is 41.8 Å². The van der Waals surface area contributed by atoms with Gasteiger partial charge in [-0.15, -0.1) is 0 Å². The van der Waals surface area contributed by atoms with Crippen LogP contribution in [-0.2, 0) is 0 Å². The van der Waals surface area contributed by atoms with Crippen LogP contribution in [0.15, 0.2) is 42.5 Å². The van der Waals surface area contributed by atoms with Gasteiger partial charge in [0.15, 0.2) is 5.82 Å². The van der Waals surface area contributed by atoms with Crippen LogP contribution in [0.3, 0.4) is 0 Å². The van der Waals surface area contributed by atoms with Crippen molar-refractivity contribution >= 4 is 16.7 Å². The summed E-state index contributed by atoms with van der Waals surface area (Å²) < 4.78 is 0. The average Bonchev–Trinajstić information content (AvgIpc) is 3.00. The molecule has 0 amide bonds. The van der Waals surface area contributed by atoms with Crippen molar-refractivity contribution in [2.45, 2.75) is 19.4 Å². The Balaban J connectivity index is 1.94. The van der Waals surface area contributed by atoms with E-state index in [9.17, 15) is 5.11 Å². The second kappa shape index (κ2) is 5.76. The molecule has 1 saturated heterocycles. The molecule has 0 aliphatic carbocycles. The Morgan fingerprint density at radius 2 is 2.00 bits per heavy atom. The number of aryl methyl sites for hydroxylation is 1. The summed E-state index contributed by atoms with van der Waals surface area (Å²) >= 11 is 0. The summed E-state index contributed by atoms with van der Waals surface area (Å²) in [7, 11) is 0. The van der Waals surface area contributed by atoms with Crippen LogP contribution in [0.5, 0.6) is 5.75 Å². The molecule has 1 fully saturated rings. The van der Waals surface area contributed by atoms with Gasteiger partial charge in [0, 0.05) is 24.5 Å². The van der Waals surface area contributed by atoms with Crippen molar-refractivity contribution < 1.29 is 5.11 Å². The van der Waals surface area contributed by atoms with Gasteiger partial charge in [-0.3, -0.25) is 0 Å². The fourth-order valence-corrected chi connectivity index (χ4v) is 3.23. The molecule has 5 nitrogen and oxygen atoms in total. The third-order valence-electron chi connectivity index (χ3n) is 4.50. The van der Waals surface area contributed by atoms with E-state index in [0.29, 0.717) is 11.4 Å². The number of rotatable bonds is 2. The van der Waals surface area contributed by atoms with Crippen molar-refractivity contribution in [2.75, 3.05) is 18.0 Å². The average molecular weight is 320 g/mol. The molecule has 1 aliphatic rings. The summed E-state index contributed by atoms with van der Waals surface area (Å²) in [5.41, 5.74) is 8.76. The Kier molecular flexibility index (Phi) is 3.58. The van der Waals surface area contributed by atoms with Gasteiger partial charge in [0.1, 0.15) is 11.6 Å². The molecule has 0 spiro atoms. The van der Waals surface area contributed by atoms with Crippen LogP contribution in [0.4, 0.5) is 5.82 Å². The maximum Gasteiger partial charge on any atom is 0.165 e. The van der Waals surface area contributed by atoms with E-state index in [4.69, 9.17) is 10.7 Å². The summed E-state index contributed by atoms with van der Waals surface area (Å²) in [5, 5.41) is 11.2. The van der Waals surface area contributed by atoms with E-state index in [1.807, 2.05) is 19.1 Å². The van der Waals surface area contributed by atoms with Gasteiger partial charge in [0.2, 0.25) is 0 Å². The van der Waals surface area contributed by atoms with Crippen LogP contribution in [-0.4, -0.2) is 34.2 Å². The molecule has 5 heteroatoms. The number of para-hydroxylation sites is 1. The van der Waals surface area contributed by atoms with Crippen molar-refractivity contribution in [1.29, 1.82) is 0 Å². The summed E-state index contributed by atoms with van der Waals surface area (Å²) in [6.07, 6.45) is 0.962. The number of phenols is 1. The van der Waals surface area contributed by atoms with Crippen LogP contribution >= 0.6 is 0 Å². The van der Waals surface area contributed by atoms with E-state index in [2.05, 4.69) is 28.1 Å². The predicted octanol–water partition coefficient (Wildman–Crippen LogP) is 2.85. The zero-order valence-corrected chi connectivity index (χ0v) is 13.6. The van der Waals surface area contributed by atoms with Gasteiger partial charge in [-0.25, -0.2) is 9.97 Å². The number of fused-ring (bicyclic) bond motifs is 1. The third-order valence-corrected chi connectivity index (χ3v) is 4.50. The summed E-state index contributed by atoms with van der Waals surface area (Å²) in [5.74, 6) is 1.63. The minimum atomic E-state index is 0.175. The molecule has 1 unspecified atom stereocenters. The van der Waals surface area contributed by atoms with E-state index in [-0.39, 0.29) is 11.8 Å². The fraction of sp³-hybridized carbons (Fsp3) is 0.263. The molecule has 24 heavy (non-hydrogen) atoms. The number of anilines is 1. The highest BCUT2D eigenvalue weighted by molar-refractivity contribution is 5.92. The van der Waals surface area contributed by atoms with Gasteiger partial charge in [0.25, 0.3) is 0 Å². The lowest BCUT2D eigenvalue weighted by Gasteiger charge is -2.20. The van der Waals surface area contributed by atoms with Gasteiger partial charge >= 0.3 is 0 Å². The normalized spacial score (nSPS) is 17.6. The number of nitrogens with two attached hydrogens (primary N) is 1. The first-order chi connectivity index (χ1) is 11.6. The van der Waals surface area contributed by atoms with Gasteiger partial charge in [-0.2, -0.15) is 0 Å². The highest BCUT2D eigenvalue weighted by Crippen LogP contribution is 2.32. The fourth-order valence-electron chi connectivity index (χ4n) is 3.23. The van der Waals surface area contributed by atoms with Gasteiger partial charge < -0.3 is 15.7 Å². The standard InChI is InChI=1S/C19H20N4O/c1-12-6-7-14-16(10-12)21-18(15-4-2-3-5-17(15)24)22-19(14)23-9-8-13(20)11-23/h2-7,10,13,24H,8-9,11,20H2,1H3. The number of aromatic hydroxyl groups is 1. The minimum Gasteiger partial charge on any atom is -0.507 e. The number of hydrogen-bond acceptors (Lipinski definition) is 5. The first kappa shape index (κ1) is 14.9. The zero-order chi connectivity index (χ0) is 16.7. The van der Waals surface area contributed by atoms with Crippen LogP contribution in [0, 0.1) is 6.92 Å². The van der Waals surface area contributed by atoms with Crippen molar-refractivity contribution in [1.82, 2.24) is 9.97 Å². The quantitative estimate of drug-likeness (QED) is 0.759. The summed E-state index contributed by atoms with van der Waals surface area (Å²) in [6.45, 7) is 3.73. The number of benzene rings is 2. The molecule has 0 saturated carbocycles. The molecule has 1 aliphatic heterocycles. The lowest BCUT2D eigenvalue weighted by atomic mass is 10.1. The third kappa shape index (κ3) is 2.57. The van der Waals surface area contributed by atoms with E-state index in [1.165, 1.54) is 0 Å². The first-order valence-corrected chi connectivity index (χ1v) is 8.19. The molecule has 1 atom stereocenters. The molecule has 0 bridgehead atoms. The number of aromatic nitrogens is 2. The second-order valence-corrected chi connectivity index (χ2v) is 6.40. The molecule has 1 aromatic heterocycles. The molecule has 122 valence electrons. The molecular formula is C19H20N4O. The Labute approximate surface area is 140 Å². The van der Waals surface area contributed by atoms with Crippen molar-refractivity contribution in [3.05, 3.63) is 48.0 Å². The lowest BCUT2D eigenvalue weighted by molar-refractivity contribution is 0.477. The number of hydrogen-bond donors (Lipinski definition) is 2. The minimum absolute atomic E-state index is 0.175. The SMILES string of the molecule is Cc1ccc2c(N3CCC(N)C3)nc(-c3ccccc3O)nc2c1. The van der Waals surface area contributed by atoms with Crippen LogP contribution < -0.4 is 10.6 Å². The molecule has 0 radical (unpaired) electrons. The van der Waals surface area contributed by atoms with Crippen molar-refractivity contribution in [3.8, 4) is 17.1 Å². The monoisotopic (exact) mass is 320 g/mol. The largest absolute Gasteiger partial charge is 0.507 e. The molecule has 2 heterocycles. The predicted molar refractivity (Wildman–Crippen MR) is 96.2 cm³/mol. The molecule has 3 N–H and O–H groups in total. The lowest BCUT2D eigenvalue weighted by Crippen LogP contribution is -2.27. The van der Waals surface area contributed by atoms with E-state index < -0.39 is 0 Å². The number of nitrogens with zero attached hydrogens (tertiary/aromatic N) is 3. The zero-order valence-electron chi connectivity index (χ0n) is 13.6. The second-order valence-electron chi connectivity index (χ2n) is 6.40. The van der Waals surface area contributed by atoms with Gasteiger partial charge in [-0.1, -0.05) is 18.2 Å². The van der Waals surface area contributed by atoms with Crippen molar-refractivity contribution in [3.63, 3.8) is 0 Å². The Morgan fingerprint density at radius 1 is 1.17 bits per heavy atom. The Hall–Kier alpha value is -2.66. The van der Waals surface area contributed by atoms with E-state index in [1.54, 1.807) is 12.1 Å². The highest BCUT2D eigenvalue weighted by Gasteiger charge is 2.23. The van der Waals surface area contributed by atoms with Crippen LogP contribution in [0.1, 0.15) is 12.0 Å². The summed E-state index contributed by atoms with van der Waals surface area (Å²) in [4.78, 5) is 11.7. The summed E-state index contributed by atoms with van der Waals surface area (Å²) in [6, 6.07) is 13.5. The Bertz CT molecular complexity index is 909. The molecule has 3 aromatic rings. The smallest absolute Gasteiger partial charge is 0.165 e. The maximum atomic E-state index is 10.2. The van der Waals surface area contributed by atoms with E-state index >= 15 is 0 Å². The maximum absolute atomic E-state index is 10.2. The number of phenolic OH excluding ortho intramolecular Hbond substituents is 1. The van der Waals surface area contributed by atoms with Crippen molar-refractivity contribution in [2.24, 2.45) is 5.73 Å². The van der Waals surface area contributed by atoms with Gasteiger partial charge in [-0.05, 0) is 43.2 Å². The topological polar surface area (TPSA) is 75.3 Å². The van der Waals surface area contributed by atoms with Crippen LogP contribution in [0.25, 0.3) is 22.3 Å². The molecular weight excluding hydrogens is 300 g/mol.